The van der Waals surface area contributed by atoms with Crippen molar-refractivity contribution in [3.05, 3.63) is 71.9 Å². The van der Waals surface area contributed by atoms with E-state index in [0.29, 0.717) is 18.9 Å². The Bertz CT molecular complexity index is 826. The number of ether oxygens (including phenoxy) is 1. The molecule has 0 fully saturated rings. The standard InChI is InChI=1S/C20H20N2O3/c1-15-8-10-17(11-9-15)24-13-12-22(2)20(23)18-14-19(25-21-18)16-6-4-3-5-7-16/h3-11,14H,12-13H2,1-2H3. The number of rotatable bonds is 6. The van der Waals surface area contributed by atoms with Crippen molar-refractivity contribution in [2.24, 2.45) is 0 Å². The fraction of sp³-hybridized carbons (Fsp3) is 0.200. The van der Waals surface area contributed by atoms with E-state index in [1.165, 1.54) is 5.56 Å². The molecule has 3 aromatic rings. The number of hydrogen-bond donors (Lipinski definition) is 0. The number of likely N-dealkylation sites (N-methyl/N-ethyl adjacent to an activating group) is 1. The Balaban J connectivity index is 1.55. The number of aromatic nitrogens is 1. The maximum absolute atomic E-state index is 12.4. The molecule has 0 saturated carbocycles. The average Bonchev–Trinajstić information content (AvgIpc) is 3.13. The molecule has 0 radical (unpaired) electrons. The molecule has 0 aliphatic rings. The SMILES string of the molecule is Cc1ccc(OCCN(C)C(=O)c2cc(-c3ccccc3)on2)cc1. The van der Waals surface area contributed by atoms with Crippen molar-refractivity contribution >= 4 is 5.91 Å². The van der Waals surface area contributed by atoms with Crippen LogP contribution in [0.15, 0.2) is 65.2 Å². The van der Waals surface area contributed by atoms with Crippen molar-refractivity contribution in [1.29, 1.82) is 0 Å². The summed E-state index contributed by atoms with van der Waals surface area (Å²) in [5.41, 5.74) is 2.36. The van der Waals surface area contributed by atoms with Gasteiger partial charge in [0.2, 0.25) is 0 Å². The molecule has 0 unspecified atom stereocenters. The Morgan fingerprint density at radius 3 is 2.56 bits per heavy atom. The largest absolute Gasteiger partial charge is 0.492 e. The van der Waals surface area contributed by atoms with Crippen LogP contribution in [0.5, 0.6) is 5.75 Å². The molecule has 0 aliphatic heterocycles. The van der Waals surface area contributed by atoms with Gasteiger partial charge < -0.3 is 14.2 Å². The van der Waals surface area contributed by atoms with E-state index in [9.17, 15) is 4.79 Å². The molecule has 0 aliphatic carbocycles. The van der Waals surface area contributed by atoms with E-state index in [1.54, 1.807) is 18.0 Å². The number of amides is 1. The quantitative estimate of drug-likeness (QED) is 0.687. The van der Waals surface area contributed by atoms with Crippen LogP contribution in [0.2, 0.25) is 0 Å². The second-order valence-electron chi connectivity index (χ2n) is 5.83. The Morgan fingerprint density at radius 1 is 1.12 bits per heavy atom. The number of benzene rings is 2. The van der Waals surface area contributed by atoms with Crippen LogP contribution in [0.4, 0.5) is 0 Å². The molecule has 1 amide bonds. The van der Waals surface area contributed by atoms with Crippen LogP contribution < -0.4 is 4.74 Å². The Hall–Kier alpha value is -3.08. The summed E-state index contributed by atoms with van der Waals surface area (Å²) in [6, 6.07) is 19.0. The minimum absolute atomic E-state index is 0.196. The lowest BCUT2D eigenvalue weighted by Gasteiger charge is -2.16. The van der Waals surface area contributed by atoms with Crippen LogP contribution in [0.25, 0.3) is 11.3 Å². The molecule has 0 bridgehead atoms. The first kappa shape index (κ1) is 16.8. The van der Waals surface area contributed by atoms with Crippen LogP contribution in [0, 0.1) is 6.92 Å². The van der Waals surface area contributed by atoms with Gasteiger partial charge in [0.25, 0.3) is 5.91 Å². The number of carbonyl (C=O) groups is 1. The normalized spacial score (nSPS) is 10.5. The summed E-state index contributed by atoms with van der Waals surface area (Å²) in [7, 11) is 1.72. The highest BCUT2D eigenvalue weighted by molar-refractivity contribution is 5.92. The number of carbonyl (C=O) groups excluding carboxylic acids is 1. The Morgan fingerprint density at radius 2 is 1.84 bits per heavy atom. The predicted octanol–water partition coefficient (Wildman–Crippen LogP) is 3.80. The smallest absolute Gasteiger partial charge is 0.275 e. The van der Waals surface area contributed by atoms with Gasteiger partial charge in [0.05, 0.1) is 6.54 Å². The zero-order chi connectivity index (χ0) is 17.6. The molecule has 5 heteroatoms. The average molecular weight is 336 g/mol. The number of aryl methyl sites for hydroxylation is 1. The molecule has 25 heavy (non-hydrogen) atoms. The van der Waals surface area contributed by atoms with Crippen molar-refractivity contribution < 1.29 is 14.1 Å². The maximum atomic E-state index is 12.4. The summed E-state index contributed by atoms with van der Waals surface area (Å²) >= 11 is 0. The summed E-state index contributed by atoms with van der Waals surface area (Å²) in [6.45, 7) is 2.90. The highest BCUT2D eigenvalue weighted by atomic mass is 16.5. The fourth-order valence-corrected chi connectivity index (χ4v) is 2.35. The van der Waals surface area contributed by atoms with Gasteiger partial charge in [0.1, 0.15) is 12.4 Å². The molecular formula is C20H20N2O3. The lowest BCUT2D eigenvalue weighted by atomic mass is 10.1. The number of hydrogen-bond acceptors (Lipinski definition) is 4. The van der Waals surface area contributed by atoms with Gasteiger partial charge in [-0.05, 0) is 19.1 Å². The first-order chi connectivity index (χ1) is 12.1. The van der Waals surface area contributed by atoms with Crippen LogP contribution in [-0.4, -0.2) is 36.2 Å². The molecule has 1 heterocycles. The van der Waals surface area contributed by atoms with E-state index in [1.807, 2.05) is 61.5 Å². The van der Waals surface area contributed by atoms with Gasteiger partial charge in [-0.3, -0.25) is 4.79 Å². The summed E-state index contributed by atoms with van der Waals surface area (Å²) in [4.78, 5) is 14.0. The first-order valence-electron chi connectivity index (χ1n) is 8.10. The zero-order valence-electron chi connectivity index (χ0n) is 14.3. The molecule has 0 N–H and O–H groups in total. The van der Waals surface area contributed by atoms with Crippen molar-refractivity contribution in [3.8, 4) is 17.1 Å². The van der Waals surface area contributed by atoms with Crippen molar-refractivity contribution in [2.75, 3.05) is 20.2 Å². The predicted molar refractivity (Wildman–Crippen MR) is 95.6 cm³/mol. The van der Waals surface area contributed by atoms with Gasteiger partial charge in [-0.15, -0.1) is 0 Å². The summed E-state index contributed by atoms with van der Waals surface area (Å²) in [5.74, 6) is 1.17. The van der Waals surface area contributed by atoms with Crippen molar-refractivity contribution in [1.82, 2.24) is 10.1 Å². The lowest BCUT2D eigenvalue weighted by Crippen LogP contribution is -2.31. The van der Waals surface area contributed by atoms with E-state index < -0.39 is 0 Å². The maximum Gasteiger partial charge on any atom is 0.275 e. The minimum atomic E-state index is -0.196. The monoisotopic (exact) mass is 336 g/mol. The van der Waals surface area contributed by atoms with E-state index in [2.05, 4.69) is 5.16 Å². The van der Waals surface area contributed by atoms with Gasteiger partial charge in [-0.1, -0.05) is 53.2 Å². The molecule has 0 spiro atoms. The van der Waals surface area contributed by atoms with E-state index in [-0.39, 0.29) is 11.6 Å². The van der Waals surface area contributed by atoms with E-state index >= 15 is 0 Å². The van der Waals surface area contributed by atoms with Gasteiger partial charge in [0.15, 0.2) is 11.5 Å². The van der Waals surface area contributed by atoms with Crippen LogP contribution in [0.3, 0.4) is 0 Å². The minimum Gasteiger partial charge on any atom is -0.492 e. The van der Waals surface area contributed by atoms with Gasteiger partial charge in [-0.25, -0.2) is 0 Å². The summed E-state index contributed by atoms with van der Waals surface area (Å²) in [5, 5.41) is 3.88. The first-order valence-corrected chi connectivity index (χ1v) is 8.10. The van der Waals surface area contributed by atoms with Gasteiger partial charge in [0, 0.05) is 18.7 Å². The lowest BCUT2D eigenvalue weighted by molar-refractivity contribution is 0.0763. The van der Waals surface area contributed by atoms with Crippen molar-refractivity contribution in [2.45, 2.75) is 6.92 Å². The number of nitrogens with zero attached hydrogens (tertiary/aromatic N) is 2. The van der Waals surface area contributed by atoms with Gasteiger partial charge in [-0.2, -0.15) is 0 Å². The third-order valence-corrected chi connectivity index (χ3v) is 3.85. The topological polar surface area (TPSA) is 55.6 Å². The third-order valence-electron chi connectivity index (χ3n) is 3.85. The van der Waals surface area contributed by atoms with Crippen LogP contribution in [-0.2, 0) is 0 Å². The molecular weight excluding hydrogens is 316 g/mol. The second-order valence-corrected chi connectivity index (χ2v) is 5.83. The van der Waals surface area contributed by atoms with Crippen LogP contribution in [0.1, 0.15) is 16.1 Å². The molecule has 0 saturated heterocycles. The molecule has 1 aromatic heterocycles. The van der Waals surface area contributed by atoms with E-state index in [0.717, 1.165) is 11.3 Å². The van der Waals surface area contributed by atoms with Crippen LogP contribution >= 0.6 is 0 Å². The Labute approximate surface area is 146 Å². The molecule has 5 nitrogen and oxygen atoms in total. The molecule has 3 rings (SSSR count). The summed E-state index contributed by atoms with van der Waals surface area (Å²) in [6.07, 6.45) is 0. The van der Waals surface area contributed by atoms with Crippen molar-refractivity contribution in [3.63, 3.8) is 0 Å². The Kier molecular flexibility index (Phi) is 5.14. The van der Waals surface area contributed by atoms with E-state index in [4.69, 9.17) is 9.26 Å². The summed E-state index contributed by atoms with van der Waals surface area (Å²) < 4.78 is 10.9. The molecule has 0 atom stereocenters. The fourth-order valence-electron chi connectivity index (χ4n) is 2.35. The zero-order valence-corrected chi connectivity index (χ0v) is 14.3. The van der Waals surface area contributed by atoms with Gasteiger partial charge >= 0.3 is 0 Å². The molecule has 2 aromatic carbocycles. The second kappa shape index (κ2) is 7.66. The highest BCUT2D eigenvalue weighted by Crippen LogP contribution is 2.20. The molecule has 128 valence electrons. The third kappa shape index (κ3) is 4.26. The highest BCUT2D eigenvalue weighted by Gasteiger charge is 2.17.